The number of esters is 1. The predicted molar refractivity (Wildman–Crippen MR) is 139 cm³/mol. The number of ether oxygens (including phenoxy) is 2. The van der Waals surface area contributed by atoms with Gasteiger partial charge in [0, 0.05) is 34.3 Å². The number of halogens is 1. The summed E-state index contributed by atoms with van der Waals surface area (Å²) in [6.45, 7) is 7.84. The molecule has 1 aliphatic carbocycles. The first kappa shape index (κ1) is 25.8. The standard InChI is InChI=1S/C29H32ClNO5/c1-5-16(3)36-29(34)26-17(4)31-22-13-20(18-7-10-21(30)11-8-18)14-24(33)28(22)27(26)19-9-12-23(32)25(15-19)35-6-2/h7-12,15-16,20,27,31-32H,5-6,13-14H2,1-4H3/t16-,20+,27+/m0/s1. The third-order valence-electron chi connectivity index (χ3n) is 6.89. The van der Waals surface area contributed by atoms with E-state index < -0.39 is 11.9 Å². The fourth-order valence-corrected chi connectivity index (χ4v) is 5.05. The minimum Gasteiger partial charge on any atom is -0.504 e. The summed E-state index contributed by atoms with van der Waals surface area (Å²) in [5, 5.41) is 14.3. The highest BCUT2D eigenvalue weighted by molar-refractivity contribution is 6.30. The van der Waals surface area contributed by atoms with Crippen LogP contribution in [0.5, 0.6) is 11.5 Å². The molecule has 0 spiro atoms. The quantitative estimate of drug-likeness (QED) is 0.435. The van der Waals surface area contributed by atoms with Crippen LogP contribution in [-0.2, 0) is 14.3 Å². The Morgan fingerprint density at radius 3 is 2.50 bits per heavy atom. The Kier molecular flexibility index (Phi) is 7.74. The number of hydrogen-bond donors (Lipinski definition) is 2. The zero-order valence-corrected chi connectivity index (χ0v) is 21.8. The van der Waals surface area contributed by atoms with E-state index >= 15 is 0 Å². The number of carbonyl (C=O) groups is 2. The number of benzene rings is 2. The van der Waals surface area contributed by atoms with E-state index in [4.69, 9.17) is 21.1 Å². The van der Waals surface area contributed by atoms with Gasteiger partial charge in [0.1, 0.15) is 0 Å². The molecule has 2 aromatic rings. The molecule has 2 N–H and O–H groups in total. The lowest BCUT2D eigenvalue weighted by Crippen LogP contribution is -2.36. The fraction of sp³-hybridized carbons (Fsp3) is 0.379. The van der Waals surface area contributed by atoms with Crippen LogP contribution in [0.2, 0.25) is 5.02 Å². The first-order valence-electron chi connectivity index (χ1n) is 12.4. The molecule has 7 heteroatoms. The number of allylic oxidation sites excluding steroid dienone is 3. The van der Waals surface area contributed by atoms with Crippen molar-refractivity contribution in [1.29, 1.82) is 0 Å². The van der Waals surface area contributed by atoms with Gasteiger partial charge in [0.15, 0.2) is 17.3 Å². The second-order valence-electron chi connectivity index (χ2n) is 9.35. The average Bonchev–Trinajstić information content (AvgIpc) is 2.84. The van der Waals surface area contributed by atoms with Crippen LogP contribution in [0.1, 0.15) is 69.9 Å². The van der Waals surface area contributed by atoms with Crippen LogP contribution < -0.4 is 10.1 Å². The van der Waals surface area contributed by atoms with Gasteiger partial charge < -0.3 is 19.9 Å². The summed E-state index contributed by atoms with van der Waals surface area (Å²) in [6, 6.07) is 12.6. The highest BCUT2D eigenvalue weighted by Gasteiger charge is 2.42. The highest BCUT2D eigenvalue weighted by Crippen LogP contribution is 2.47. The topological polar surface area (TPSA) is 84.9 Å². The maximum absolute atomic E-state index is 13.7. The Balaban J connectivity index is 1.81. The van der Waals surface area contributed by atoms with Gasteiger partial charge in [-0.25, -0.2) is 4.79 Å². The molecule has 0 bridgehead atoms. The van der Waals surface area contributed by atoms with Gasteiger partial charge in [-0.05, 0) is 74.9 Å². The van der Waals surface area contributed by atoms with Gasteiger partial charge in [0.05, 0.1) is 18.3 Å². The minimum absolute atomic E-state index is 0.00175. The monoisotopic (exact) mass is 509 g/mol. The lowest BCUT2D eigenvalue weighted by Gasteiger charge is -2.37. The lowest BCUT2D eigenvalue weighted by atomic mass is 9.71. The summed E-state index contributed by atoms with van der Waals surface area (Å²) in [7, 11) is 0. The van der Waals surface area contributed by atoms with Crippen LogP contribution in [0.4, 0.5) is 0 Å². The Hall–Kier alpha value is -3.25. The molecular weight excluding hydrogens is 478 g/mol. The average molecular weight is 510 g/mol. The first-order chi connectivity index (χ1) is 17.2. The Bertz CT molecular complexity index is 1230. The van der Waals surface area contributed by atoms with Gasteiger partial charge in [-0.15, -0.1) is 0 Å². The van der Waals surface area contributed by atoms with E-state index in [0.717, 1.165) is 11.3 Å². The molecular formula is C29H32ClNO5. The second kappa shape index (κ2) is 10.8. The van der Waals surface area contributed by atoms with E-state index in [1.54, 1.807) is 18.2 Å². The van der Waals surface area contributed by atoms with E-state index in [0.29, 0.717) is 59.0 Å². The molecule has 4 rings (SSSR count). The molecule has 0 unspecified atom stereocenters. The molecule has 1 aliphatic heterocycles. The van der Waals surface area contributed by atoms with Crippen molar-refractivity contribution in [2.45, 2.75) is 64.9 Å². The van der Waals surface area contributed by atoms with Crippen molar-refractivity contribution in [3.63, 3.8) is 0 Å². The van der Waals surface area contributed by atoms with Gasteiger partial charge in [-0.3, -0.25) is 4.79 Å². The van der Waals surface area contributed by atoms with E-state index in [1.807, 2.05) is 52.0 Å². The number of carbonyl (C=O) groups excluding carboxylic acids is 2. The molecule has 0 amide bonds. The maximum Gasteiger partial charge on any atom is 0.337 e. The van der Waals surface area contributed by atoms with Gasteiger partial charge in [0.2, 0.25) is 0 Å². The number of phenolic OH excluding ortho intramolecular Hbond substituents is 1. The third kappa shape index (κ3) is 5.14. The second-order valence-corrected chi connectivity index (χ2v) is 9.79. The van der Waals surface area contributed by atoms with Gasteiger partial charge in [0.25, 0.3) is 0 Å². The summed E-state index contributed by atoms with van der Waals surface area (Å²) in [6.07, 6.45) is 1.37. The van der Waals surface area contributed by atoms with E-state index in [-0.39, 0.29) is 23.6 Å². The highest BCUT2D eigenvalue weighted by atomic mass is 35.5. The molecule has 1 heterocycles. The molecule has 0 saturated heterocycles. The molecule has 36 heavy (non-hydrogen) atoms. The van der Waals surface area contributed by atoms with E-state index in [1.165, 1.54) is 0 Å². The molecule has 3 atom stereocenters. The number of phenols is 1. The van der Waals surface area contributed by atoms with Crippen molar-refractivity contribution in [1.82, 2.24) is 5.32 Å². The van der Waals surface area contributed by atoms with E-state index in [9.17, 15) is 14.7 Å². The summed E-state index contributed by atoms with van der Waals surface area (Å²) in [5.41, 5.74) is 4.17. The number of rotatable bonds is 7. The van der Waals surface area contributed by atoms with Crippen molar-refractivity contribution < 1.29 is 24.2 Å². The summed E-state index contributed by atoms with van der Waals surface area (Å²) in [4.78, 5) is 27.1. The minimum atomic E-state index is -0.628. The van der Waals surface area contributed by atoms with Crippen molar-refractivity contribution in [3.05, 3.63) is 81.2 Å². The number of ketones is 1. The predicted octanol–water partition coefficient (Wildman–Crippen LogP) is 6.15. The maximum atomic E-state index is 13.7. The summed E-state index contributed by atoms with van der Waals surface area (Å²) < 4.78 is 11.3. The number of nitrogens with one attached hydrogen (secondary N) is 1. The Morgan fingerprint density at radius 2 is 1.83 bits per heavy atom. The summed E-state index contributed by atoms with van der Waals surface area (Å²) in [5.74, 6) is -0.792. The molecule has 0 saturated carbocycles. The first-order valence-corrected chi connectivity index (χ1v) is 12.8. The van der Waals surface area contributed by atoms with Crippen molar-refractivity contribution >= 4 is 23.4 Å². The van der Waals surface area contributed by atoms with Crippen LogP contribution in [0, 0.1) is 0 Å². The molecule has 2 aromatic carbocycles. The zero-order valence-electron chi connectivity index (χ0n) is 21.1. The number of hydrogen-bond acceptors (Lipinski definition) is 6. The molecule has 6 nitrogen and oxygen atoms in total. The molecule has 0 fully saturated rings. The number of Topliss-reactive ketones (excluding diaryl/α,β-unsaturated/α-hetero) is 1. The van der Waals surface area contributed by atoms with Crippen LogP contribution >= 0.6 is 11.6 Å². The molecule has 0 radical (unpaired) electrons. The van der Waals surface area contributed by atoms with Crippen LogP contribution in [-0.4, -0.2) is 29.6 Å². The fourth-order valence-electron chi connectivity index (χ4n) is 4.92. The normalized spacial score (nSPS) is 20.5. The Labute approximate surface area is 216 Å². The van der Waals surface area contributed by atoms with Crippen LogP contribution in [0.3, 0.4) is 0 Å². The van der Waals surface area contributed by atoms with Crippen LogP contribution in [0.25, 0.3) is 0 Å². The summed E-state index contributed by atoms with van der Waals surface area (Å²) >= 11 is 6.07. The molecule has 0 aromatic heterocycles. The smallest absolute Gasteiger partial charge is 0.337 e. The molecule has 2 aliphatic rings. The van der Waals surface area contributed by atoms with Gasteiger partial charge in [-0.1, -0.05) is 36.7 Å². The largest absolute Gasteiger partial charge is 0.504 e. The van der Waals surface area contributed by atoms with Crippen molar-refractivity contribution in [3.8, 4) is 11.5 Å². The van der Waals surface area contributed by atoms with Gasteiger partial charge >= 0.3 is 5.97 Å². The van der Waals surface area contributed by atoms with E-state index in [2.05, 4.69) is 5.32 Å². The van der Waals surface area contributed by atoms with Crippen molar-refractivity contribution in [2.75, 3.05) is 6.61 Å². The Morgan fingerprint density at radius 1 is 1.14 bits per heavy atom. The third-order valence-corrected chi connectivity index (χ3v) is 7.14. The molecule has 190 valence electrons. The van der Waals surface area contributed by atoms with Gasteiger partial charge in [-0.2, -0.15) is 0 Å². The van der Waals surface area contributed by atoms with Crippen LogP contribution in [0.15, 0.2) is 65.0 Å². The number of aromatic hydroxyl groups is 1. The number of dihydropyridines is 1. The SMILES string of the molecule is CCOc1cc([C@@H]2C(C(=O)O[C@@H](C)CC)=C(C)NC3=C2C(=O)C[C@H](c2ccc(Cl)cc2)C3)ccc1O. The van der Waals surface area contributed by atoms with Crippen molar-refractivity contribution in [2.24, 2.45) is 0 Å². The zero-order chi connectivity index (χ0) is 26.0. The lowest BCUT2D eigenvalue weighted by molar-refractivity contribution is -0.144.